The van der Waals surface area contributed by atoms with Crippen LogP contribution in [0.4, 0.5) is 0 Å². The summed E-state index contributed by atoms with van der Waals surface area (Å²) < 4.78 is 0. The number of nitrogens with one attached hydrogen (secondary N) is 2. The van der Waals surface area contributed by atoms with Gasteiger partial charge in [0.1, 0.15) is 0 Å². The van der Waals surface area contributed by atoms with Crippen molar-refractivity contribution in [3.8, 4) is 0 Å². The van der Waals surface area contributed by atoms with Gasteiger partial charge in [-0.05, 0) is 55.3 Å². The van der Waals surface area contributed by atoms with E-state index in [2.05, 4.69) is 41.8 Å². The minimum atomic E-state index is 0.501. The maximum absolute atomic E-state index is 3.65. The van der Waals surface area contributed by atoms with Crippen molar-refractivity contribution in [1.82, 2.24) is 10.6 Å². The second-order valence-electron chi connectivity index (χ2n) is 5.93. The first kappa shape index (κ1) is 12.2. The summed E-state index contributed by atoms with van der Waals surface area (Å²) in [7, 11) is 0. The minimum absolute atomic E-state index is 0.501. The van der Waals surface area contributed by atoms with Crippen molar-refractivity contribution in [2.24, 2.45) is 11.8 Å². The molecule has 1 fully saturated rings. The Bertz CT molecular complexity index is 398. The molecule has 1 aromatic carbocycles. The smallest absolute Gasteiger partial charge is 0.0449 e. The van der Waals surface area contributed by atoms with Crippen LogP contribution in [0.15, 0.2) is 24.3 Å². The number of benzene rings is 1. The summed E-state index contributed by atoms with van der Waals surface area (Å²) in [5.74, 6) is 1.85. The topological polar surface area (TPSA) is 24.1 Å². The van der Waals surface area contributed by atoms with Crippen LogP contribution in [0.1, 0.15) is 36.9 Å². The van der Waals surface area contributed by atoms with Crippen LogP contribution in [-0.4, -0.2) is 19.6 Å². The maximum atomic E-state index is 3.65. The van der Waals surface area contributed by atoms with E-state index in [0.29, 0.717) is 6.04 Å². The van der Waals surface area contributed by atoms with E-state index in [-0.39, 0.29) is 0 Å². The molecule has 2 unspecified atom stereocenters. The molecule has 2 N–H and O–H groups in total. The van der Waals surface area contributed by atoms with E-state index >= 15 is 0 Å². The Morgan fingerprint density at radius 3 is 3.00 bits per heavy atom. The van der Waals surface area contributed by atoms with E-state index in [4.69, 9.17) is 0 Å². The molecule has 98 valence electrons. The van der Waals surface area contributed by atoms with E-state index in [1.807, 2.05) is 0 Å². The van der Waals surface area contributed by atoms with Gasteiger partial charge in [0.15, 0.2) is 0 Å². The predicted octanol–water partition coefficient (Wildman–Crippen LogP) is 2.51. The van der Waals surface area contributed by atoms with Gasteiger partial charge in [-0.15, -0.1) is 0 Å². The van der Waals surface area contributed by atoms with Crippen LogP contribution in [-0.2, 0) is 6.42 Å². The highest BCUT2D eigenvalue weighted by atomic mass is 15.0. The molecule has 1 aliphatic carbocycles. The van der Waals surface area contributed by atoms with Crippen molar-refractivity contribution < 1.29 is 0 Å². The molecule has 2 atom stereocenters. The highest BCUT2D eigenvalue weighted by molar-refractivity contribution is 5.32. The van der Waals surface area contributed by atoms with Crippen LogP contribution < -0.4 is 10.6 Å². The Balaban J connectivity index is 1.53. The van der Waals surface area contributed by atoms with Gasteiger partial charge in [-0.1, -0.05) is 31.2 Å². The molecule has 2 aliphatic rings. The maximum Gasteiger partial charge on any atom is 0.0449 e. The van der Waals surface area contributed by atoms with Crippen LogP contribution in [0, 0.1) is 11.8 Å². The fraction of sp³-hybridized carbons (Fsp3) is 0.625. The molecular formula is C16H24N2. The average Bonchev–Trinajstić information content (AvgIpc) is 3.23. The zero-order valence-corrected chi connectivity index (χ0v) is 11.3. The van der Waals surface area contributed by atoms with Crippen LogP contribution in [0.25, 0.3) is 0 Å². The fourth-order valence-corrected chi connectivity index (χ4v) is 3.06. The largest absolute Gasteiger partial charge is 0.315 e. The van der Waals surface area contributed by atoms with Crippen molar-refractivity contribution in [2.75, 3.05) is 19.6 Å². The zero-order chi connectivity index (χ0) is 12.4. The van der Waals surface area contributed by atoms with E-state index < -0.39 is 0 Å². The lowest BCUT2D eigenvalue weighted by molar-refractivity contribution is 0.417. The van der Waals surface area contributed by atoms with Crippen molar-refractivity contribution in [2.45, 2.75) is 32.2 Å². The third-order valence-corrected chi connectivity index (χ3v) is 4.46. The summed E-state index contributed by atoms with van der Waals surface area (Å²) in [6, 6.07) is 9.37. The molecular weight excluding hydrogens is 220 g/mol. The predicted molar refractivity (Wildman–Crippen MR) is 75.6 cm³/mol. The molecule has 1 aromatic rings. The van der Waals surface area contributed by atoms with Gasteiger partial charge in [-0.3, -0.25) is 0 Å². The molecule has 2 nitrogen and oxygen atoms in total. The summed E-state index contributed by atoms with van der Waals surface area (Å²) >= 11 is 0. The second-order valence-corrected chi connectivity index (χ2v) is 5.93. The Morgan fingerprint density at radius 2 is 2.17 bits per heavy atom. The van der Waals surface area contributed by atoms with Gasteiger partial charge >= 0.3 is 0 Å². The summed E-state index contributed by atoms with van der Waals surface area (Å²) in [6.07, 6.45) is 4.08. The number of rotatable bonds is 5. The Morgan fingerprint density at radius 1 is 1.33 bits per heavy atom. The van der Waals surface area contributed by atoms with E-state index in [1.54, 1.807) is 0 Å². The lowest BCUT2D eigenvalue weighted by Gasteiger charge is -2.27. The van der Waals surface area contributed by atoms with Crippen LogP contribution in [0.3, 0.4) is 0 Å². The SMILES string of the molecule is CC(CNCC1NCCc2ccccc21)C1CC1. The molecule has 0 amide bonds. The number of fused-ring (bicyclic) bond motifs is 1. The first-order chi connectivity index (χ1) is 8.84. The van der Waals surface area contributed by atoms with Gasteiger partial charge in [0.25, 0.3) is 0 Å². The fourth-order valence-electron chi connectivity index (χ4n) is 3.06. The van der Waals surface area contributed by atoms with Crippen molar-refractivity contribution >= 4 is 0 Å². The molecule has 1 saturated carbocycles. The molecule has 0 spiro atoms. The molecule has 1 aliphatic heterocycles. The molecule has 0 bridgehead atoms. The van der Waals surface area contributed by atoms with Gasteiger partial charge in [0, 0.05) is 12.6 Å². The third kappa shape index (κ3) is 2.76. The summed E-state index contributed by atoms with van der Waals surface area (Å²) in [6.45, 7) is 5.73. The quantitative estimate of drug-likeness (QED) is 0.831. The molecule has 2 heteroatoms. The summed E-state index contributed by atoms with van der Waals surface area (Å²) in [4.78, 5) is 0. The van der Waals surface area contributed by atoms with Crippen LogP contribution >= 0.6 is 0 Å². The van der Waals surface area contributed by atoms with Gasteiger partial charge in [0.2, 0.25) is 0 Å². The van der Waals surface area contributed by atoms with Crippen molar-refractivity contribution in [1.29, 1.82) is 0 Å². The van der Waals surface area contributed by atoms with Gasteiger partial charge < -0.3 is 10.6 Å². The Kier molecular flexibility index (Phi) is 3.67. The van der Waals surface area contributed by atoms with Gasteiger partial charge in [-0.25, -0.2) is 0 Å². The highest BCUT2D eigenvalue weighted by Gasteiger charge is 2.27. The lowest BCUT2D eigenvalue weighted by Crippen LogP contribution is -2.38. The standard InChI is InChI=1S/C16H24N2/c1-12(13-6-7-13)10-17-11-16-15-5-3-2-4-14(15)8-9-18-16/h2-5,12-13,16-18H,6-11H2,1H3. The molecule has 0 saturated heterocycles. The Labute approximate surface area is 110 Å². The minimum Gasteiger partial charge on any atom is -0.315 e. The number of hydrogen-bond donors (Lipinski definition) is 2. The van der Waals surface area contributed by atoms with Gasteiger partial charge in [0.05, 0.1) is 0 Å². The highest BCUT2D eigenvalue weighted by Crippen LogP contribution is 2.36. The average molecular weight is 244 g/mol. The normalized spacial score (nSPS) is 24.6. The van der Waals surface area contributed by atoms with Crippen LogP contribution in [0.2, 0.25) is 0 Å². The van der Waals surface area contributed by atoms with Crippen molar-refractivity contribution in [3.63, 3.8) is 0 Å². The molecule has 18 heavy (non-hydrogen) atoms. The van der Waals surface area contributed by atoms with E-state index in [0.717, 1.165) is 24.9 Å². The molecule has 0 aromatic heterocycles. The first-order valence-electron chi connectivity index (χ1n) is 7.36. The summed E-state index contributed by atoms with van der Waals surface area (Å²) in [5, 5.41) is 7.29. The third-order valence-electron chi connectivity index (χ3n) is 4.46. The number of hydrogen-bond acceptors (Lipinski definition) is 2. The zero-order valence-electron chi connectivity index (χ0n) is 11.3. The van der Waals surface area contributed by atoms with E-state index in [1.165, 1.54) is 36.9 Å². The summed E-state index contributed by atoms with van der Waals surface area (Å²) in [5.41, 5.74) is 3.02. The second kappa shape index (κ2) is 5.41. The van der Waals surface area contributed by atoms with Gasteiger partial charge in [-0.2, -0.15) is 0 Å². The molecule has 3 rings (SSSR count). The Hall–Kier alpha value is -0.860. The van der Waals surface area contributed by atoms with E-state index in [9.17, 15) is 0 Å². The lowest BCUT2D eigenvalue weighted by atomic mass is 9.94. The first-order valence-corrected chi connectivity index (χ1v) is 7.36. The monoisotopic (exact) mass is 244 g/mol. The van der Waals surface area contributed by atoms with Crippen molar-refractivity contribution in [3.05, 3.63) is 35.4 Å². The molecule has 1 heterocycles. The molecule has 0 radical (unpaired) electrons. The van der Waals surface area contributed by atoms with Crippen LogP contribution in [0.5, 0.6) is 0 Å².